The summed E-state index contributed by atoms with van der Waals surface area (Å²) in [5.41, 5.74) is 4.42. The molecule has 0 aliphatic rings. The molecule has 4 heteroatoms. The molecule has 0 radical (unpaired) electrons. The molecule has 0 unspecified atom stereocenters. The maximum Gasteiger partial charge on any atom is 0.336 e. The molecule has 0 saturated heterocycles. The molecule has 0 aliphatic heterocycles. The zero-order chi connectivity index (χ0) is 17.3. The van der Waals surface area contributed by atoms with Crippen molar-refractivity contribution in [3.8, 4) is 17.0 Å². The van der Waals surface area contributed by atoms with Crippen LogP contribution >= 0.6 is 0 Å². The Balaban J connectivity index is 2.26. The number of fused-ring (bicyclic) bond motifs is 1. The van der Waals surface area contributed by atoms with Crippen LogP contribution in [0.25, 0.3) is 22.2 Å². The number of carbonyl (C=O) groups is 1. The summed E-state index contributed by atoms with van der Waals surface area (Å²) in [6.45, 7) is 6.40. The summed E-state index contributed by atoms with van der Waals surface area (Å²) in [5.74, 6) is -0.203. The van der Waals surface area contributed by atoms with Gasteiger partial charge in [-0.3, -0.25) is 0 Å². The Labute approximate surface area is 140 Å². The second-order valence-corrected chi connectivity index (χ2v) is 5.80. The number of carboxylic acid groups (broad SMARTS) is 1. The standard InChI is InChI=1S/C20H19NO3/c1-4-24-15-7-5-6-14(10-15)17-11-16(20(22)23)19-13(3)8-12(2)9-18(19)21-17/h5-11H,4H2,1-3H3,(H,22,23). The molecule has 24 heavy (non-hydrogen) atoms. The second kappa shape index (κ2) is 6.32. The number of aromatic carboxylic acids is 1. The predicted octanol–water partition coefficient (Wildman–Crippen LogP) is 4.62. The monoisotopic (exact) mass is 321 g/mol. The van der Waals surface area contributed by atoms with Crippen molar-refractivity contribution in [3.63, 3.8) is 0 Å². The zero-order valence-corrected chi connectivity index (χ0v) is 14.0. The molecule has 122 valence electrons. The lowest BCUT2D eigenvalue weighted by molar-refractivity contribution is 0.0699. The van der Waals surface area contributed by atoms with Crippen LogP contribution in [-0.4, -0.2) is 22.7 Å². The average molecular weight is 321 g/mol. The molecule has 0 spiro atoms. The highest BCUT2D eigenvalue weighted by molar-refractivity contribution is 6.05. The number of pyridine rings is 1. The molecule has 1 heterocycles. The topological polar surface area (TPSA) is 59.4 Å². The van der Waals surface area contributed by atoms with E-state index < -0.39 is 5.97 Å². The number of carboxylic acids is 1. The molecule has 0 amide bonds. The first-order valence-corrected chi connectivity index (χ1v) is 7.88. The quantitative estimate of drug-likeness (QED) is 0.762. The van der Waals surface area contributed by atoms with Crippen molar-refractivity contribution < 1.29 is 14.6 Å². The third kappa shape index (κ3) is 2.95. The number of aryl methyl sites for hydroxylation is 2. The number of nitrogens with zero attached hydrogens (tertiary/aromatic N) is 1. The molecule has 3 rings (SSSR count). The third-order valence-electron chi connectivity index (χ3n) is 3.92. The fourth-order valence-corrected chi connectivity index (χ4v) is 2.98. The van der Waals surface area contributed by atoms with E-state index in [1.54, 1.807) is 6.07 Å². The van der Waals surface area contributed by atoms with Crippen LogP contribution in [0.4, 0.5) is 0 Å². The van der Waals surface area contributed by atoms with Gasteiger partial charge in [0.15, 0.2) is 0 Å². The summed E-state index contributed by atoms with van der Waals surface area (Å²) in [4.78, 5) is 16.4. The normalized spacial score (nSPS) is 10.8. The van der Waals surface area contributed by atoms with Crippen LogP contribution in [0.5, 0.6) is 5.75 Å². The van der Waals surface area contributed by atoms with Gasteiger partial charge in [0.25, 0.3) is 0 Å². The van der Waals surface area contributed by atoms with Crippen LogP contribution in [0.1, 0.15) is 28.4 Å². The van der Waals surface area contributed by atoms with Crippen molar-refractivity contribution in [1.29, 1.82) is 0 Å². The van der Waals surface area contributed by atoms with Gasteiger partial charge in [-0.05, 0) is 56.2 Å². The molecule has 0 saturated carbocycles. The second-order valence-electron chi connectivity index (χ2n) is 5.80. The van der Waals surface area contributed by atoms with Gasteiger partial charge in [0.2, 0.25) is 0 Å². The van der Waals surface area contributed by atoms with E-state index >= 15 is 0 Å². The van der Waals surface area contributed by atoms with Crippen LogP contribution in [0.2, 0.25) is 0 Å². The maximum absolute atomic E-state index is 11.8. The number of benzene rings is 2. The zero-order valence-electron chi connectivity index (χ0n) is 14.0. The third-order valence-corrected chi connectivity index (χ3v) is 3.92. The summed E-state index contributed by atoms with van der Waals surface area (Å²) in [5, 5.41) is 10.3. The molecular weight excluding hydrogens is 302 g/mol. The lowest BCUT2D eigenvalue weighted by atomic mass is 9.99. The van der Waals surface area contributed by atoms with E-state index in [1.165, 1.54) is 0 Å². The number of hydrogen-bond acceptors (Lipinski definition) is 3. The van der Waals surface area contributed by atoms with Crippen LogP contribution in [-0.2, 0) is 0 Å². The van der Waals surface area contributed by atoms with E-state index in [2.05, 4.69) is 0 Å². The van der Waals surface area contributed by atoms with Gasteiger partial charge in [-0.2, -0.15) is 0 Å². The molecule has 3 aromatic rings. The molecule has 0 fully saturated rings. The first kappa shape index (κ1) is 16.0. The molecule has 0 atom stereocenters. The number of aromatic nitrogens is 1. The van der Waals surface area contributed by atoms with E-state index in [4.69, 9.17) is 9.72 Å². The van der Waals surface area contributed by atoms with Crippen molar-refractivity contribution in [2.75, 3.05) is 6.61 Å². The van der Waals surface area contributed by atoms with Crippen molar-refractivity contribution in [2.24, 2.45) is 0 Å². The van der Waals surface area contributed by atoms with E-state index in [0.29, 0.717) is 23.2 Å². The van der Waals surface area contributed by atoms with Crippen LogP contribution < -0.4 is 4.74 Å². The minimum atomic E-state index is -0.948. The Hall–Kier alpha value is -2.88. The minimum Gasteiger partial charge on any atom is -0.494 e. The highest BCUT2D eigenvalue weighted by Crippen LogP contribution is 2.29. The van der Waals surface area contributed by atoms with Crippen molar-refractivity contribution in [2.45, 2.75) is 20.8 Å². The SMILES string of the molecule is CCOc1cccc(-c2cc(C(=O)O)c3c(C)cc(C)cc3n2)c1. The maximum atomic E-state index is 11.8. The molecule has 1 N–H and O–H groups in total. The Kier molecular flexibility index (Phi) is 4.21. The summed E-state index contributed by atoms with van der Waals surface area (Å²) in [7, 11) is 0. The molecule has 4 nitrogen and oxygen atoms in total. The molecule has 0 aliphatic carbocycles. The predicted molar refractivity (Wildman–Crippen MR) is 94.8 cm³/mol. The summed E-state index contributed by atoms with van der Waals surface area (Å²) in [6.07, 6.45) is 0. The van der Waals surface area contributed by atoms with E-state index in [9.17, 15) is 9.90 Å². The first-order chi connectivity index (χ1) is 11.5. The highest BCUT2D eigenvalue weighted by atomic mass is 16.5. The van der Waals surface area contributed by atoms with Crippen LogP contribution in [0.3, 0.4) is 0 Å². The molecule has 0 bridgehead atoms. The summed E-state index contributed by atoms with van der Waals surface area (Å²) in [6, 6.07) is 13.1. The summed E-state index contributed by atoms with van der Waals surface area (Å²) < 4.78 is 5.53. The highest BCUT2D eigenvalue weighted by Gasteiger charge is 2.15. The lowest BCUT2D eigenvalue weighted by Gasteiger charge is -2.11. The van der Waals surface area contributed by atoms with E-state index in [0.717, 1.165) is 22.4 Å². The van der Waals surface area contributed by atoms with E-state index in [-0.39, 0.29) is 5.56 Å². The summed E-state index contributed by atoms with van der Waals surface area (Å²) >= 11 is 0. The Morgan fingerprint density at radius 3 is 2.67 bits per heavy atom. The van der Waals surface area contributed by atoms with Crippen LogP contribution in [0, 0.1) is 13.8 Å². The first-order valence-electron chi connectivity index (χ1n) is 7.88. The van der Waals surface area contributed by atoms with Gasteiger partial charge in [0.1, 0.15) is 5.75 Å². The van der Waals surface area contributed by atoms with Gasteiger partial charge in [0.05, 0.1) is 23.4 Å². The largest absolute Gasteiger partial charge is 0.494 e. The van der Waals surface area contributed by atoms with Gasteiger partial charge >= 0.3 is 5.97 Å². The average Bonchev–Trinajstić information content (AvgIpc) is 2.54. The number of rotatable bonds is 4. The van der Waals surface area contributed by atoms with Crippen molar-refractivity contribution in [1.82, 2.24) is 4.98 Å². The lowest BCUT2D eigenvalue weighted by Crippen LogP contribution is -2.02. The number of hydrogen-bond donors (Lipinski definition) is 1. The fraction of sp³-hybridized carbons (Fsp3) is 0.200. The van der Waals surface area contributed by atoms with Crippen molar-refractivity contribution >= 4 is 16.9 Å². The van der Waals surface area contributed by atoms with Gasteiger partial charge in [-0.25, -0.2) is 9.78 Å². The van der Waals surface area contributed by atoms with E-state index in [1.807, 2.05) is 57.2 Å². The smallest absolute Gasteiger partial charge is 0.336 e. The minimum absolute atomic E-state index is 0.273. The Morgan fingerprint density at radius 2 is 1.96 bits per heavy atom. The van der Waals surface area contributed by atoms with Crippen LogP contribution in [0.15, 0.2) is 42.5 Å². The molecular formula is C20H19NO3. The molecule has 1 aromatic heterocycles. The number of ether oxygens (including phenoxy) is 1. The van der Waals surface area contributed by atoms with Gasteiger partial charge in [0, 0.05) is 10.9 Å². The van der Waals surface area contributed by atoms with Gasteiger partial charge < -0.3 is 9.84 Å². The van der Waals surface area contributed by atoms with Crippen molar-refractivity contribution in [3.05, 3.63) is 59.2 Å². The van der Waals surface area contributed by atoms with Gasteiger partial charge in [-0.1, -0.05) is 18.2 Å². The fourth-order valence-electron chi connectivity index (χ4n) is 2.98. The Morgan fingerprint density at radius 1 is 1.17 bits per heavy atom. The Bertz CT molecular complexity index is 932. The van der Waals surface area contributed by atoms with Gasteiger partial charge in [-0.15, -0.1) is 0 Å². The molecule has 2 aromatic carbocycles.